The number of benzene rings is 1. The average molecular weight is 414 g/mol. The van der Waals surface area contributed by atoms with Gasteiger partial charge in [0.25, 0.3) is 0 Å². The molecule has 0 spiro atoms. The van der Waals surface area contributed by atoms with Crippen LogP contribution >= 0.6 is 24.4 Å². The Labute approximate surface area is 175 Å². The lowest BCUT2D eigenvalue weighted by Crippen LogP contribution is -2.49. The van der Waals surface area contributed by atoms with Crippen LogP contribution in [0.5, 0.6) is 0 Å². The molecule has 0 amide bonds. The normalized spacial score (nSPS) is 14.2. The quantitative estimate of drug-likeness (QED) is 0.643. The first-order chi connectivity index (χ1) is 13.6. The van der Waals surface area contributed by atoms with Crippen molar-refractivity contribution in [2.45, 2.75) is 6.54 Å². The van der Waals surface area contributed by atoms with E-state index in [1.165, 1.54) is 5.56 Å². The maximum atomic E-state index is 5.60. The van der Waals surface area contributed by atoms with Crippen LogP contribution in [0.25, 0.3) is 0 Å². The van der Waals surface area contributed by atoms with Gasteiger partial charge >= 0.3 is 0 Å². The third-order valence-electron chi connectivity index (χ3n) is 4.38. The van der Waals surface area contributed by atoms with Gasteiger partial charge in [0.15, 0.2) is 10.2 Å². The van der Waals surface area contributed by atoms with Crippen molar-refractivity contribution in [3.63, 3.8) is 0 Å². The first-order valence-electron chi connectivity index (χ1n) is 8.95. The fourth-order valence-corrected chi connectivity index (χ4v) is 3.24. The highest BCUT2D eigenvalue weighted by molar-refractivity contribution is 7.80. The van der Waals surface area contributed by atoms with Crippen molar-refractivity contribution in [3.8, 4) is 0 Å². The van der Waals surface area contributed by atoms with Crippen molar-refractivity contribution in [2.75, 3.05) is 26.2 Å². The molecule has 1 aromatic carbocycles. The molecule has 0 unspecified atom stereocenters. The van der Waals surface area contributed by atoms with Crippen molar-refractivity contribution in [2.24, 2.45) is 5.73 Å². The van der Waals surface area contributed by atoms with Crippen LogP contribution in [0.15, 0.2) is 67.8 Å². The summed E-state index contributed by atoms with van der Waals surface area (Å²) in [5, 5.41) is 1.17. The van der Waals surface area contributed by atoms with E-state index in [1.54, 1.807) is 46.6 Å². The summed E-state index contributed by atoms with van der Waals surface area (Å²) >= 11 is 10.1. The van der Waals surface area contributed by atoms with Gasteiger partial charge < -0.3 is 10.6 Å². The molecule has 28 heavy (non-hydrogen) atoms. The molecule has 7 nitrogen and oxygen atoms in total. The van der Waals surface area contributed by atoms with Gasteiger partial charge in [-0.1, -0.05) is 30.3 Å². The van der Waals surface area contributed by atoms with Gasteiger partial charge in [-0.2, -0.15) is 0 Å². The Kier molecular flexibility index (Phi) is 7.24. The highest BCUT2D eigenvalue weighted by atomic mass is 32.1. The molecule has 0 saturated carbocycles. The van der Waals surface area contributed by atoms with E-state index in [9.17, 15) is 0 Å². The maximum Gasteiger partial charge on any atom is 0.190 e. The fourth-order valence-electron chi connectivity index (χ4n) is 2.85. The van der Waals surface area contributed by atoms with Crippen LogP contribution in [0.3, 0.4) is 0 Å². The van der Waals surface area contributed by atoms with Gasteiger partial charge in [-0.3, -0.25) is 14.0 Å². The van der Waals surface area contributed by atoms with E-state index in [4.69, 9.17) is 30.2 Å². The Morgan fingerprint density at radius 1 is 0.893 bits per heavy atom. The van der Waals surface area contributed by atoms with Crippen LogP contribution in [0.2, 0.25) is 0 Å². The van der Waals surface area contributed by atoms with E-state index >= 15 is 0 Å². The van der Waals surface area contributed by atoms with Crippen LogP contribution in [0, 0.1) is 0 Å². The van der Waals surface area contributed by atoms with Gasteiger partial charge in [-0.25, -0.2) is 9.97 Å². The van der Waals surface area contributed by atoms with Crippen molar-refractivity contribution in [1.29, 1.82) is 0 Å². The zero-order valence-electron chi connectivity index (χ0n) is 15.5. The summed E-state index contributed by atoms with van der Waals surface area (Å²) in [5.74, 6) is 0. The molecule has 1 aliphatic heterocycles. The Morgan fingerprint density at radius 3 is 1.93 bits per heavy atom. The van der Waals surface area contributed by atoms with Crippen LogP contribution in [0.1, 0.15) is 5.56 Å². The summed E-state index contributed by atoms with van der Waals surface area (Å²) < 4.78 is 3.49. The lowest BCUT2D eigenvalue weighted by Gasteiger charge is -2.34. The molecule has 0 atom stereocenters. The van der Waals surface area contributed by atoms with E-state index in [1.807, 2.05) is 6.07 Å². The molecule has 1 saturated heterocycles. The fraction of sp³-hybridized carbons (Fsp3) is 0.263. The predicted octanol–water partition coefficient (Wildman–Crippen LogP) is 1.81. The summed E-state index contributed by atoms with van der Waals surface area (Å²) in [6.45, 7) is 4.98. The van der Waals surface area contributed by atoms with Gasteiger partial charge in [-0.15, -0.1) is 0 Å². The SMILES string of the molecule is NC(=S)N1CCN(Cc2ccccc2)CC1.S=C(n1ccnc1)n1ccnc1. The highest BCUT2D eigenvalue weighted by Gasteiger charge is 2.17. The molecule has 0 bridgehead atoms. The average Bonchev–Trinajstić information content (AvgIpc) is 3.43. The minimum atomic E-state index is 0.527. The Balaban J connectivity index is 0.000000167. The molecule has 0 aliphatic carbocycles. The lowest BCUT2D eigenvalue weighted by atomic mass is 10.2. The Bertz CT molecular complexity index is 819. The second-order valence-corrected chi connectivity index (χ2v) is 7.09. The largest absolute Gasteiger partial charge is 0.376 e. The molecule has 3 heterocycles. The number of rotatable bonds is 2. The van der Waals surface area contributed by atoms with Gasteiger partial charge in [0.1, 0.15) is 12.7 Å². The third kappa shape index (κ3) is 5.69. The molecule has 1 fully saturated rings. The van der Waals surface area contributed by atoms with Gasteiger partial charge in [0.05, 0.1) is 0 Å². The smallest absolute Gasteiger partial charge is 0.190 e. The van der Waals surface area contributed by atoms with E-state index in [2.05, 4.69) is 44.0 Å². The number of piperazine rings is 1. The van der Waals surface area contributed by atoms with Crippen molar-refractivity contribution < 1.29 is 0 Å². The third-order valence-corrected chi connectivity index (χ3v) is 5.06. The lowest BCUT2D eigenvalue weighted by molar-refractivity contribution is 0.176. The van der Waals surface area contributed by atoms with Crippen LogP contribution < -0.4 is 5.73 Å². The summed E-state index contributed by atoms with van der Waals surface area (Å²) in [7, 11) is 0. The van der Waals surface area contributed by atoms with Gasteiger partial charge in [0.2, 0.25) is 0 Å². The highest BCUT2D eigenvalue weighted by Crippen LogP contribution is 2.08. The van der Waals surface area contributed by atoms with Crippen molar-refractivity contribution in [3.05, 3.63) is 73.3 Å². The first kappa shape index (κ1) is 20.1. The number of imidazole rings is 2. The molecule has 9 heteroatoms. The Morgan fingerprint density at radius 2 is 1.46 bits per heavy atom. The maximum absolute atomic E-state index is 5.60. The monoisotopic (exact) mass is 413 g/mol. The second kappa shape index (κ2) is 10.1. The predicted molar refractivity (Wildman–Crippen MR) is 118 cm³/mol. The van der Waals surface area contributed by atoms with Crippen LogP contribution in [-0.4, -0.2) is 65.3 Å². The minimum absolute atomic E-state index is 0.527. The van der Waals surface area contributed by atoms with Crippen molar-refractivity contribution in [1.82, 2.24) is 28.9 Å². The first-order valence-corrected chi connectivity index (χ1v) is 9.76. The molecule has 2 N–H and O–H groups in total. The van der Waals surface area contributed by atoms with Crippen molar-refractivity contribution >= 4 is 34.7 Å². The number of hydrogen-bond donors (Lipinski definition) is 1. The van der Waals surface area contributed by atoms with E-state index in [-0.39, 0.29) is 0 Å². The molecule has 1 aliphatic rings. The van der Waals surface area contributed by atoms with E-state index in [0.717, 1.165) is 32.7 Å². The van der Waals surface area contributed by atoms with Gasteiger partial charge in [0, 0.05) is 57.5 Å². The number of nitrogens with two attached hydrogens (primary N) is 1. The van der Waals surface area contributed by atoms with E-state index in [0.29, 0.717) is 10.2 Å². The summed E-state index contributed by atoms with van der Waals surface area (Å²) in [6, 6.07) is 10.6. The summed E-state index contributed by atoms with van der Waals surface area (Å²) in [6.07, 6.45) is 10.3. The number of aromatic nitrogens is 4. The van der Waals surface area contributed by atoms with Gasteiger partial charge in [-0.05, 0) is 30.0 Å². The minimum Gasteiger partial charge on any atom is -0.376 e. The zero-order valence-corrected chi connectivity index (χ0v) is 17.1. The van der Waals surface area contributed by atoms with E-state index < -0.39 is 0 Å². The zero-order chi connectivity index (χ0) is 19.8. The van der Waals surface area contributed by atoms with Crippen LogP contribution in [0.4, 0.5) is 0 Å². The molecule has 146 valence electrons. The topological polar surface area (TPSA) is 68.1 Å². The molecular formula is C19H23N7S2. The molecule has 2 aromatic heterocycles. The molecule has 3 aromatic rings. The standard InChI is InChI=1S/C12H17N3S.C7H6N4S/c13-12(16)15-8-6-14(7-9-15)10-11-4-2-1-3-5-11;12-7(10-3-1-8-5-10)11-4-2-9-6-11/h1-5H,6-10H2,(H2,13,16);1-6H. The summed E-state index contributed by atoms with van der Waals surface area (Å²) in [5.41, 5.74) is 6.97. The Hall–Kier alpha value is -2.62. The number of thiocarbonyl (C=S) groups is 2. The molecule has 4 rings (SSSR count). The molecular weight excluding hydrogens is 390 g/mol. The van der Waals surface area contributed by atoms with Crippen LogP contribution in [-0.2, 0) is 6.54 Å². The second-order valence-electron chi connectivity index (χ2n) is 6.31. The number of hydrogen-bond acceptors (Lipinski definition) is 5. The molecule has 0 radical (unpaired) electrons. The number of nitrogens with zero attached hydrogens (tertiary/aromatic N) is 6. The summed E-state index contributed by atoms with van der Waals surface area (Å²) in [4.78, 5) is 12.3.